The summed E-state index contributed by atoms with van der Waals surface area (Å²) in [6, 6.07) is 9.12. The fourth-order valence-corrected chi connectivity index (χ4v) is 4.96. The molecule has 186 valence electrons. The van der Waals surface area contributed by atoms with Gasteiger partial charge in [0.2, 0.25) is 5.91 Å². The van der Waals surface area contributed by atoms with Crippen LogP contribution < -0.4 is 0 Å². The van der Waals surface area contributed by atoms with E-state index in [-0.39, 0.29) is 24.6 Å². The number of esters is 1. The van der Waals surface area contributed by atoms with E-state index in [1.54, 1.807) is 6.08 Å². The zero-order chi connectivity index (χ0) is 25.5. The number of nitrogens with zero attached hydrogens (tertiary/aromatic N) is 1. The Labute approximate surface area is 202 Å². The molecule has 34 heavy (non-hydrogen) atoms. The Balaban J connectivity index is 2.43. The van der Waals surface area contributed by atoms with Crippen LogP contribution in [0.1, 0.15) is 32.8 Å². The molecule has 0 aliphatic carbocycles. The zero-order valence-corrected chi connectivity index (χ0v) is 21.8. The van der Waals surface area contributed by atoms with Crippen LogP contribution >= 0.6 is 0 Å². The first-order chi connectivity index (χ1) is 15.9. The number of likely N-dealkylation sites (tertiary alicyclic amines) is 1. The number of benzene rings is 1. The van der Waals surface area contributed by atoms with Crippen LogP contribution in [0, 0.1) is 11.8 Å². The molecule has 1 aliphatic rings. The van der Waals surface area contributed by atoms with E-state index in [1.165, 1.54) is 13.2 Å². The number of ether oxygens (including phenoxy) is 2. The minimum Gasteiger partial charge on any atom is -0.460 e. The fourth-order valence-electron chi connectivity index (χ4n) is 3.60. The number of hydrogen-bond acceptors (Lipinski definition) is 7. The van der Waals surface area contributed by atoms with E-state index in [0.29, 0.717) is 6.29 Å². The van der Waals surface area contributed by atoms with Crippen molar-refractivity contribution in [3.8, 4) is 0 Å². The average molecular weight is 490 g/mol. The van der Waals surface area contributed by atoms with Gasteiger partial charge in [0, 0.05) is 5.92 Å². The van der Waals surface area contributed by atoms with E-state index < -0.39 is 44.2 Å². The molecule has 2 amide bonds. The van der Waals surface area contributed by atoms with Gasteiger partial charge < -0.3 is 13.9 Å². The third-order valence-corrected chi connectivity index (χ3v) is 11.1. The van der Waals surface area contributed by atoms with Crippen molar-refractivity contribution in [3.05, 3.63) is 48.0 Å². The second-order valence-electron chi connectivity index (χ2n) is 9.87. The van der Waals surface area contributed by atoms with E-state index in [2.05, 4.69) is 33.9 Å². The Morgan fingerprint density at radius 2 is 1.82 bits per heavy atom. The first kappa shape index (κ1) is 27.5. The number of aldehydes is 1. The quantitative estimate of drug-likeness (QED) is 0.178. The Morgan fingerprint density at radius 1 is 1.18 bits per heavy atom. The minimum absolute atomic E-state index is 0.00761. The largest absolute Gasteiger partial charge is 0.460 e. The maximum Gasteiger partial charge on any atom is 0.416 e. The van der Waals surface area contributed by atoms with Crippen LogP contribution in [0.2, 0.25) is 18.1 Å². The van der Waals surface area contributed by atoms with Crippen molar-refractivity contribution in [2.45, 2.75) is 58.0 Å². The Hall–Kier alpha value is -2.78. The third kappa shape index (κ3) is 6.63. The Morgan fingerprint density at radius 3 is 2.38 bits per heavy atom. The van der Waals surface area contributed by atoms with Gasteiger partial charge >= 0.3 is 12.1 Å². The van der Waals surface area contributed by atoms with E-state index in [1.807, 2.05) is 30.3 Å². The topological polar surface area (TPSA) is 99.2 Å². The summed E-state index contributed by atoms with van der Waals surface area (Å²) < 4.78 is 16.9. The summed E-state index contributed by atoms with van der Waals surface area (Å²) in [5.74, 6) is -3.31. The van der Waals surface area contributed by atoms with Gasteiger partial charge in [-0.25, -0.2) is 9.69 Å². The number of rotatable bonds is 8. The van der Waals surface area contributed by atoms with Crippen LogP contribution in [-0.4, -0.2) is 57.2 Å². The highest BCUT2D eigenvalue weighted by Crippen LogP contribution is 2.41. The highest BCUT2D eigenvalue weighted by molar-refractivity contribution is 6.74. The van der Waals surface area contributed by atoms with Gasteiger partial charge in [0.25, 0.3) is 0 Å². The molecule has 2 unspecified atom stereocenters. The monoisotopic (exact) mass is 489 g/mol. The molecule has 0 N–H and O–H groups in total. The summed E-state index contributed by atoms with van der Waals surface area (Å²) in [6.45, 7) is 10.3. The van der Waals surface area contributed by atoms with Crippen LogP contribution in [0.4, 0.5) is 4.79 Å². The molecule has 1 aromatic carbocycles. The normalized spacial score (nSPS) is 21.4. The summed E-state index contributed by atoms with van der Waals surface area (Å²) in [6.07, 6.45) is 2.34. The van der Waals surface area contributed by atoms with Gasteiger partial charge in [0.1, 0.15) is 18.8 Å². The molecule has 8 nitrogen and oxygen atoms in total. The molecule has 1 saturated heterocycles. The molecule has 1 fully saturated rings. The summed E-state index contributed by atoms with van der Waals surface area (Å²) in [5.41, 5.74) is 0.774. The summed E-state index contributed by atoms with van der Waals surface area (Å²) in [5, 5.41) is -0.142. The lowest BCUT2D eigenvalue weighted by Crippen LogP contribution is -2.60. The molecular weight excluding hydrogens is 454 g/mol. The van der Waals surface area contributed by atoms with Gasteiger partial charge in [-0.3, -0.25) is 14.4 Å². The zero-order valence-electron chi connectivity index (χ0n) is 20.8. The SMILES string of the molecule is COC(=O)N1C[C@@H](O[Si](C)(C)C(C)(C)C)C(C/C=C/C=O)C(C(=O)OCc2ccccc2)C1=O. The second kappa shape index (κ2) is 11.6. The molecule has 1 aliphatic heterocycles. The highest BCUT2D eigenvalue weighted by atomic mass is 28.4. The lowest BCUT2D eigenvalue weighted by atomic mass is 9.80. The lowest BCUT2D eigenvalue weighted by Gasteiger charge is -2.46. The van der Waals surface area contributed by atoms with Gasteiger partial charge in [-0.05, 0) is 36.2 Å². The third-order valence-electron chi connectivity index (χ3n) is 6.55. The van der Waals surface area contributed by atoms with Crippen LogP contribution in [-0.2, 0) is 34.9 Å². The number of piperidine rings is 1. The molecular formula is C25H35NO7Si. The Bertz CT molecular complexity index is 908. The molecule has 9 heteroatoms. The van der Waals surface area contributed by atoms with Gasteiger partial charge in [-0.15, -0.1) is 0 Å². The van der Waals surface area contributed by atoms with Crippen molar-refractivity contribution >= 4 is 32.6 Å². The number of carbonyl (C=O) groups excluding carboxylic acids is 4. The van der Waals surface area contributed by atoms with Crippen molar-refractivity contribution in [2.24, 2.45) is 11.8 Å². The second-order valence-corrected chi connectivity index (χ2v) is 14.6. The molecule has 2 rings (SSSR count). The van der Waals surface area contributed by atoms with Crippen molar-refractivity contribution in [3.63, 3.8) is 0 Å². The fraction of sp³-hybridized carbons (Fsp3) is 0.520. The molecule has 0 aromatic heterocycles. The molecule has 1 aromatic rings. The van der Waals surface area contributed by atoms with Crippen LogP contribution in [0.5, 0.6) is 0 Å². The molecule has 0 radical (unpaired) electrons. The average Bonchev–Trinajstić information content (AvgIpc) is 2.78. The number of imide groups is 1. The number of methoxy groups -OCH3 is 1. The molecule has 0 bridgehead atoms. The van der Waals surface area contributed by atoms with Crippen molar-refractivity contribution in [1.29, 1.82) is 0 Å². The van der Waals surface area contributed by atoms with E-state index in [9.17, 15) is 19.2 Å². The van der Waals surface area contributed by atoms with Gasteiger partial charge in [-0.1, -0.05) is 57.2 Å². The van der Waals surface area contributed by atoms with Crippen molar-refractivity contribution < 1.29 is 33.1 Å². The smallest absolute Gasteiger partial charge is 0.416 e. The highest BCUT2D eigenvalue weighted by Gasteiger charge is 2.52. The first-order valence-electron chi connectivity index (χ1n) is 11.3. The first-order valence-corrected chi connectivity index (χ1v) is 14.2. The molecule has 0 spiro atoms. The number of carbonyl (C=O) groups is 4. The lowest BCUT2D eigenvalue weighted by molar-refractivity contribution is -0.165. The van der Waals surface area contributed by atoms with E-state index in [4.69, 9.17) is 13.9 Å². The minimum atomic E-state index is -2.35. The van der Waals surface area contributed by atoms with Gasteiger partial charge in [0.15, 0.2) is 8.32 Å². The van der Waals surface area contributed by atoms with Crippen molar-refractivity contribution in [2.75, 3.05) is 13.7 Å². The van der Waals surface area contributed by atoms with E-state index >= 15 is 0 Å². The van der Waals surface area contributed by atoms with Crippen LogP contribution in [0.15, 0.2) is 42.5 Å². The number of amides is 2. The van der Waals surface area contributed by atoms with Crippen molar-refractivity contribution in [1.82, 2.24) is 4.90 Å². The maximum absolute atomic E-state index is 13.3. The summed E-state index contributed by atoms with van der Waals surface area (Å²) in [4.78, 5) is 50.8. The van der Waals surface area contributed by atoms with Gasteiger partial charge in [0.05, 0.1) is 19.8 Å². The van der Waals surface area contributed by atoms with E-state index in [0.717, 1.165) is 10.5 Å². The standard InChI is InChI=1S/C25H35NO7Si/c1-25(2,3)34(5,6)33-20-16-26(24(30)31-4)22(28)21(19(20)14-10-11-15-27)23(29)32-17-18-12-8-7-9-13-18/h7-13,15,19-21H,14,16-17H2,1-6H3/b11-10+/t19?,20-,21?/m1/s1. The summed E-state index contributed by atoms with van der Waals surface area (Å²) >= 11 is 0. The van der Waals surface area contributed by atoms with Crippen LogP contribution in [0.25, 0.3) is 0 Å². The van der Waals surface area contributed by atoms with Crippen LogP contribution in [0.3, 0.4) is 0 Å². The molecule has 1 heterocycles. The summed E-state index contributed by atoms with van der Waals surface area (Å²) in [7, 11) is -1.17. The Kier molecular flexibility index (Phi) is 9.34. The predicted octanol–water partition coefficient (Wildman–Crippen LogP) is 4.11. The maximum atomic E-state index is 13.3. The number of hydrogen-bond donors (Lipinski definition) is 0. The molecule has 3 atom stereocenters. The van der Waals surface area contributed by atoms with Gasteiger partial charge in [-0.2, -0.15) is 0 Å². The number of allylic oxidation sites excluding steroid dienone is 2. The molecule has 0 saturated carbocycles. The predicted molar refractivity (Wildman–Crippen MR) is 129 cm³/mol.